The number of nitrogens with one attached hydrogen (secondary N) is 1. The van der Waals surface area contributed by atoms with Crippen LogP contribution >= 0.6 is 0 Å². The summed E-state index contributed by atoms with van der Waals surface area (Å²) in [6.07, 6.45) is -1.83. The van der Waals surface area contributed by atoms with Gasteiger partial charge in [-0.3, -0.25) is 9.59 Å². The fraction of sp³-hybridized carbons (Fsp3) is 0.526. The lowest BCUT2D eigenvalue weighted by Crippen LogP contribution is -2.77. The highest BCUT2D eigenvalue weighted by Crippen LogP contribution is 2.39. The number of hydrogen-bond acceptors (Lipinski definition) is 5. The summed E-state index contributed by atoms with van der Waals surface area (Å²) in [4.78, 5) is 38.1. The third-order valence-corrected chi connectivity index (χ3v) is 5.55. The van der Waals surface area contributed by atoms with Crippen LogP contribution in [0.2, 0.25) is 0 Å². The maximum Gasteiger partial charge on any atom is 0.405 e. The Labute approximate surface area is 157 Å². The van der Waals surface area contributed by atoms with Gasteiger partial charge in [-0.1, -0.05) is 30.3 Å². The van der Waals surface area contributed by atoms with Gasteiger partial charge < -0.3 is 25.8 Å². The normalized spacial score (nSPS) is 26.2. The van der Waals surface area contributed by atoms with E-state index in [1.165, 1.54) is 4.90 Å². The number of benzene rings is 1. The first kappa shape index (κ1) is 19.2. The standard InChI is InChI=1S/C19H25N3O5/c1-12-19(17(25)21-12)10-5-11-22(19)16(24)15(27-18(20)26)14(23)9-8-13-6-3-2-4-7-13/h2-4,6-7,12,14-15,23H,5,8-11H2,1H3,(H2,20,26)(H,21,25)/t12?,14-,15+,19?/m1/s1. The first-order valence-corrected chi connectivity index (χ1v) is 9.17. The molecule has 1 aromatic rings. The Morgan fingerprint density at radius 2 is 2.11 bits per heavy atom. The molecule has 0 aliphatic carbocycles. The zero-order chi connectivity index (χ0) is 19.6. The molecule has 146 valence electrons. The molecule has 2 aliphatic rings. The minimum Gasteiger partial charge on any atom is -0.433 e. The van der Waals surface area contributed by atoms with Crippen molar-refractivity contribution in [2.45, 2.75) is 56.4 Å². The molecular weight excluding hydrogens is 350 g/mol. The summed E-state index contributed by atoms with van der Waals surface area (Å²) in [5.41, 5.74) is 5.19. The molecule has 3 rings (SSSR count). The van der Waals surface area contributed by atoms with Crippen molar-refractivity contribution in [2.24, 2.45) is 5.73 Å². The molecule has 27 heavy (non-hydrogen) atoms. The van der Waals surface area contributed by atoms with Gasteiger partial charge in [-0.15, -0.1) is 0 Å². The lowest BCUT2D eigenvalue weighted by atomic mass is 9.79. The molecule has 0 bridgehead atoms. The molecular formula is C19H25N3O5. The Morgan fingerprint density at radius 1 is 1.41 bits per heavy atom. The summed E-state index contributed by atoms with van der Waals surface area (Å²) in [5.74, 6) is -0.786. The summed E-state index contributed by atoms with van der Waals surface area (Å²) >= 11 is 0. The summed E-state index contributed by atoms with van der Waals surface area (Å²) in [6.45, 7) is 2.21. The quantitative estimate of drug-likeness (QED) is 0.618. The second-order valence-electron chi connectivity index (χ2n) is 7.16. The number of amides is 3. The molecule has 1 spiro atoms. The number of aliphatic hydroxyl groups excluding tert-OH is 1. The van der Waals surface area contributed by atoms with Gasteiger partial charge in [0.05, 0.1) is 6.04 Å². The zero-order valence-corrected chi connectivity index (χ0v) is 15.3. The Balaban J connectivity index is 1.74. The summed E-state index contributed by atoms with van der Waals surface area (Å²) in [6, 6.07) is 9.29. The zero-order valence-electron chi connectivity index (χ0n) is 15.3. The molecule has 8 nitrogen and oxygen atoms in total. The van der Waals surface area contributed by atoms with Gasteiger partial charge in [-0.2, -0.15) is 0 Å². The van der Waals surface area contributed by atoms with Crippen LogP contribution in [0.3, 0.4) is 0 Å². The number of ether oxygens (including phenoxy) is 1. The topological polar surface area (TPSA) is 122 Å². The molecule has 3 amide bonds. The van der Waals surface area contributed by atoms with Crippen LogP contribution in [0.5, 0.6) is 0 Å². The minimum absolute atomic E-state index is 0.188. The molecule has 2 aliphatic heterocycles. The minimum atomic E-state index is -1.43. The highest BCUT2D eigenvalue weighted by Gasteiger charge is 2.61. The van der Waals surface area contributed by atoms with Gasteiger partial charge in [0.1, 0.15) is 11.6 Å². The van der Waals surface area contributed by atoms with Crippen molar-refractivity contribution in [1.29, 1.82) is 0 Å². The number of likely N-dealkylation sites (tertiary alicyclic amines) is 1. The molecule has 4 atom stereocenters. The third kappa shape index (κ3) is 3.49. The number of nitrogens with two attached hydrogens (primary N) is 1. The Kier molecular flexibility index (Phi) is 5.36. The summed E-state index contributed by atoms with van der Waals surface area (Å²) in [7, 11) is 0. The van der Waals surface area contributed by atoms with Crippen molar-refractivity contribution in [3.05, 3.63) is 35.9 Å². The molecule has 2 heterocycles. The van der Waals surface area contributed by atoms with Crippen LogP contribution in [-0.2, 0) is 20.7 Å². The predicted octanol–water partition coefficient (Wildman–Crippen LogP) is 0.324. The number of carbonyl (C=O) groups is 3. The maximum atomic E-state index is 13.1. The van der Waals surface area contributed by atoms with Gasteiger partial charge in [-0.05, 0) is 38.2 Å². The SMILES string of the molecule is CC1NC(=O)C12CCCN2C(=O)[C@@H](OC(N)=O)[C@H](O)CCc1ccccc1. The van der Waals surface area contributed by atoms with E-state index in [0.717, 1.165) is 5.56 Å². The number of rotatable bonds is 6. The number of nitrogens with zero attached hydrogens (tertiary/aromatic N) is 1. The molecule has 8 heteroatoms. The van der Waals surface area contributed by atoms with Crippen molar-refractivity contribution < 1.29 is 24.2 Å². The van der Waals surface area contributed by atoms with Crippen LogP contribution in [-0.4, -0.2) is 58.2 Å². The van der Waals surface area contributed by atoms with Gasteiger partial charge in [0.15, 0.2) is 0 Å². The number of β-lactam (4-membered cyclic amide) rings is 1. The summed E-state index contributed by atoms with van der Waals surface area (Å²) < 4.78 is 4.97. The lowest BCUT2D eigenvalue weighted by Gasteiger charge is -2.50. The lowest BCUT2D eigenvalue weighted by molar-refractivity contribution is -0.164. The molecule has 0 radical (unpaired) electrons. The van der Waals surface area contributed by atoms with Gasteiger partial charge in [0.25, 0.3) is 5.91 Å². The Morgan fingerprint density at radius 3 is 2.70 bits per heavy atom. The van der Waals surface area contributed by atoms with Crippen molar-refractivity contribution in [3.8, 4) is 0 Å². The number of carbonyl (C=O) groups excluding carboxylic acids is 3. The van der Waals surface area contributed by atoms with Crippen LogP contribution < -0.4 is 11.1 Å². The van der Waals surface area contributed by atoms with Crippen LogP contribution in [0.4, 0.5) is 4.79 Å². The average molecular weight is 375 g/mol. The predicted molar refractivity (Wildman–Crippen MR) is 96.5 cm³/mol. The highest BCUT2D eigenvalue weighted by atomic mass is 16.6. The Bertz CT molecular complexity index is 725. The van der Waals surface area contributed by atoms with Crippen molar-refractivity contribution in [2.75, 3.05) is 6.54 Å². The van der Waals surface area contributed by atoms with Crippen LogP contribution in [0.1, 0.15) is 31.7 Å². The van der Waals surface area contributed by atoms with E-state index in [1.54, 1.807) is 0 Å². The molecule has 0 aromatic heterocycles. The van der Waals surface area contributed by atoms with Gasteiger partial charge >= 0.3 is 6.09 Å². The number of aliphatic hydroxyl groups is 1. The van der Waals surface area contributed by atoms with Gasteiger partial charge in [-0.25, -0.2) is 4.79 Å². The maximum absolute atomic E-state index is 13.1. The fourth-order valence-corrected chi connectivity index (χ4v) is 4.08. The van der Waals surface area contributed by atoms with E-state index in [4.69, 9.17) is 10.5 Å². The van der Waals surface area contributed by atoms with Crippen LogP contribution in [0, 0.1) is 0 Å². The number of hydrogen-bond donors (Lipinski definition) is 3. The largest absolute Gasteiger partial charge is 0.433 e. The van der Waals surface area contributed by atoms with Gasteiger partial charge in [0, 0.05) is 6.54 Å². The van der Waals surface area contributed by atoms with E-state index < -0.39 is 29.7 Å². The molecule has 2 saturated heterocycles. The molecule has 4 N–H and O–H groups in total. The average Bonchev–Trinajstić information content (AvgIpc) is 3.13. The molecule has 0 saturated carbocycles. The first-order valence-electron chi connectivity index (χ1n) is 9.17. The fourth-order valence-electron chi connectivity index (χ4n) is 4.08. The van der Waals surface area contributed by atoms with Gasteiger partial charge in [0.2, 0.25) is 12.0 Å². The van der Waals surface area contributed by atoms with E-state index >= 15 is 0 Å². The third-order valence-electron chi connectivity index (χ3n) is 5.55. The highest BCUT2D eigenvalue weighted by molar-refractivity contribution is 5.99. The monoisotopic (exact) mass is 375 g/mol. The number of primary amides is 1. The van der Waals surface area contributed by atoms with E-state index in [1.807, 2.05) is 37.3 Å². The van der Waals surface area contributed by atoms with E-state index in [-0.39, 0.29) is 18.4 Å². The van der Waals surface area contributed by atoms with Crippen molar-refractivity contribution in [1.82, 2.24) is 10.2 Å². The van der Waals surface area contributed by atoms with Crippen LogP contribution in [0.25, 0.3) is 0 Å². The van der Waals surface area contributed by atoms with E-state index in [2.05, 4.69) is 5.32 Å². The molecule has 2 fully saturated rings. The van der Waals surface area contributed by atoms with Crippen molar-refractivity contribution in [3.63, 3.8) is 0 Å². The van der Waals surface area contributed by atoms with E-state index in [0.29, 0.717) is 25.8 Å². The van der Waals surface area contributed by atoms with Crippen LogP contribution in [0.15, 0.2) is 30.3 Å². The van der Waals surface area contributed by atoms with E-state index in [9.17, 15) is 19.5 Å². The number of aryl methyl sites for hydroxylation is 1. The summed E-state index contributed by atoms with van der Waals surface area (Å²) in [5, 5.41) is 13.3. The second-order valence-corrected chi connectivity index (χ2v) is 7.16. The second kappa shape index (κ2) is 7.56. The first-order chi connectivity index (χ1) is 12.9. The molecule has 2 unspecified atom stereocenters. The smallest absolute Gasteiger partial charge is 0.405 e. The Hall–Kier alpha value is -2.61. The molecule has 1 aromatic carbocycles. The van der Waals surface area contributed by atoms with Crippen molar-refractivity contribution >= 4 is 17.9 Å².